The number of carbonyl (C=O) groups excluding carboxylic acids is 1. The highest BCUT2D eigenvalue weighted by Crippen LogP contribution is 1.98. The van der Waals surface area contributed by atoms with Crippen molar-refractivity contribution in [3.8, 4) is 0 Å². The van der Waals surface area contributed by atoms with Crippen LogP contribution in [0.1, 0.15) is 12.5 Å². The molecule has 0 saturated heterocycles. The summed E-state index contributed by atoms with van der Waals surface area (Å²) in [7, 11) is 0. The maximum atomic E-state index is 10.6. The van der Waals surface area contributed by atoms with Gasteiger partial charge in [0.25, 0.3) is 0 Å². The number of Topliss-reactive ketones (excluding diaryl/α,β-unsaturated/α-hetero) is 1. The van der Waals surface area contributed by atoms with Gasteiger partial charge in [-0.25, -0.2) is 0 Å². The topological polar surface area (TPSA) is 17.1 Å². The number of hydrogen-bond donors (Lipinski definition) is 0. The number of rotatable bonds is 2. The van der Waals surface area contributed by atoms with Gasteiger partial charge in [-0.2, -0.15) is 0 Å². The molecule has 10 heavy (non-hydrogen) atoms. The van der Waals surface area contributed by atoms with Crippen LogP contribution in [0.3, 0.4) is 0 Å². The molecular formula is C9H10O. The summed E-state index contributed by atoms with van der Waals surface area (Å²) >= 11 is 0. The van der Waals surface area contributed by atoms with E-state index in [1.807, 2.05) is 30.3 Å². The Bertz CT molecular complexity index is 213. The van der Waals surface area contributed by atoms with E-state index in [1.54, 1.807) is 6.92 Å². The average Bonchev–Trinajstić information content (AvgIpc) is 1.88. The van der Waals surface area contributed by atoms with Crippen LogP contribution >= 0.6 is 0 Å². The van der Waals surface area contributed by atoms with Crippen LogP contribution in [-0.2, 0) is 11.2 Å². The molecule has 1 nitrogen and oxygen atoms in total. The number of hydrogen-bond acceptors (Lipinski definition) is 1. The molecule has 0 aliphatic carbocycles. The van der Waals surface area contributed by atoms with E-state index in [1.165, 1.54) is 0 Å². The standard InChI is InChI=1S/C9H10O/c1-8(10)7-9-5-3-2-4-6-9/h2-6H,7H2,1H3/i7+1. The molecule has 1 aromatic carbocycles. The quantitative estimate of drug-likeness (QED) is 0.565. The third kappa shape index (κ3) is 2.02. The van der Waals surface area contributed by atoms with Crippen LogP contribution < -0.4 is 0 Å². The van der Waals surface area contributed by atoms with Crippen LogP contribution in [0.15, 0.2) is 30.3 Å². The van der Waals surface area contributed by atoms with Crippen LogP contribution in [0.4, 0.5) is 0 Å². The van der Waals surface area contributed by atoms with E-state index in [4.69, 9.17) is 0 Å². The Morgan fingerprint density at radius 1 is 1.30 bits per heavy atom. The summed E-state index contributed by atoms with van der Waals surface area (Å²) < 4.78 is 0. The van der Waals surface area contributed by atoms with Crippen molar-refractivity contribution in [1.29, 1.82) is 0 Å². The minimum atomic E-state index is 0.214. The largest absolute Gasteiger partial charge is 0.300 e. The van der Waals surface area contributed by atoms with Crippen molar-refractivity contribution in [3.05, 3.63) is 35.9 Å². The Morgan fingerprint density at radius 3 is 2.40 bits per heavy atom. The predicted molar refractivity (Wildman–Crippen MR) is 40.8 cm³/mol. The van der Waals surface area contributed by atoms with Gasteiger partial charge in [-0.1, -0.05) is 30.3 Å². The van der Waals surface area contributed by atoms with Gasteiger partial charge in [0.05, 0.1) is 0 Å². The van der Waals surface area contributed by atoms with E-state index >= 15 is 0 Å². The van der Waals surface area contributed by atoms with Crippen LogP contribution in [0, 0.1) is 0 Å². The minimum absolute atomic E-state index is 0.214. The second-order valence-corrected chi connectivity index (χ2v) is 2.36. The highest BCUT2D eigenvalue weighted by Gasteiger charge is 1.93. The zero-order valence-corrected chi connectivity index (χ0v) is 6.00. The summed E-state index contributed by atoms with van der Waals surface area (Å²) in [6.45, 7) is 1.60. The first kappa shape index (κ1) is 7.00. The lowest BCUT2D eigenvalue weighted by molar-refractivity contribution is -0.116. The molecule has 0 aliphatic heterocycles. The van der Waals surface area contributed by atoms with Crippen LogP contribution in [0.5, 0.6) is 0 Å². The molecule has 0 aromatic heterocycles. The molecule has 0 amide bonds. The lowest BCUT2D eigenvalue weighted by Gasteiger charge is -1.93. The van der Waals surface area contributed by atoms with E-state index in [2.05, 4.69) is 0 Å². The third-order valence-corrected chi connectivity index (χ3v) is 1.30. The van der Waals surface area contributed by atoms with Gasteiger partial charge in [0.1, 0.15) is 5.78 Å². The molecule has 0 radical (unpaired) electrons. The molecule has 1 heteroatoms. The van der Waals surface area contributed by atoms with Gasteiger partial charge in [0, 0.05) is 6.42 Å². The molecule has 52 valence electrons. The number of ketones is 1. The van der Waals surface area contributed by atoms with E-state index < -0.39 is 0 Å². The summed E-state index contributed by atoms with van der Waals surface area (Å²) in [5.41, 5.74) is 1.09. The van der Waals surface area contributed by atoms with Crippen LogP contribution in [0.25, 0.3) is 0 Å². The molecule has 0 spiro atoms. The maximum Gasteiger partial charge on any atom is 0.134 e. The Hall–Kier alpha value is -1.11. The predicted octanol–water partition coefficient (Wildman–Crippen LogP) is 1.82. The summed E-state index contributed by atoms with van der Waals surface area (Å²) in [5.74, 6) is 0.214. The van der Waals surface area contributed by atoms with Crippen molar-refractivity contribution < 1.29 is 4.79 Å². The molecule has 1 rings (SSSR count). The first-order valence-corrected chi connectivity index (χ1v) is 3.32. The van der Waals surface area contributed by atoms with E-state index in [9.17, 15) is 4.79 Å². The molecule has 0 heterocycles. The highest BCUT2D eigenvalue weighted by atomic mass is 16.1. The van der Waals surface area contributed by atoms with Crippen molar-refractivity contribution in [3.63, 3.8) is 0 Å². The van der Waals surface area contributed by atoms with E-state index in [0.717, 1.165) is 5.56 Å². The molecule has 1 aromatic rings. The molecule has 0 N–H and O–H groups in total. The zero-order chi connectivity index (χ0) is 7.40. The average molecular weight is 135 g/mol. The van der Waals surface area contributed by atoms with Crippen molar-refractivity contribution >= 4 is 5.78 Å². The molecule has 0 fully saturated rings. The first-order valence-electron chi connectivity index (χ1n) is 3.32. The lowest BCUT2D eigenvalue weighted by atomic mass is 10.3. The molecule has 0 aliphatic rings. The summed E-state index contributed by atoms with van der Waals surface area (Å²) in [4.78, 5) is 10.6. The van der Waals surface area contributed by atoms with Crippen molar-refractivity contribution in [1.82, 2.24) is 0 Å². The zero-order valence-electron chi connectivity index (χ0n) is 6.00. The van der Waals surface area contributed by atoms with Crippen LogP contribution in [0.2, 0.25) is 0 Å². The number of carbonyl (C=O) groups is 1. The highest BCUT2D eigenvalue weighted by molar-refractivity contribution is 5.78. The van der Waals surface area contributed by atoms with Gasteiger partial charge in [-0.15, -0.1) is 0 Å². The second-order valence-electron chi connectivity index (χ2n) is 2.36. The van der Waals surface area contributed by atoms with Gasteiger partial charge in [0.15, 0.2) is 0 Å². The molecule has 0 bridgehead atoms. The maximum absolute atomic E-state index is 10.6. The van der Waals surface area contributed by atoms with Crippen molar-refractivity contribution in [2.24, 2.45) is 0 Å². The summed E-state index contributed by atoms with van der Waals surface area (Å²) in [5, 5.41) is 0. The first-order chi connectivity index (χ1) is 4.79. The summed E-state index contributed by atoms with van der Waals surface area (Å²) in [6.07, 6.45) is 0.556. The lowest BCUT2D eigenvalue weighted by Crippen LogP contribution is -1.94. The molecular weight excluding hydrogens is 125 g/mol. The Morgan fingerprint density at radius 2 is 1.90 bits per heavy atom. The second kappa shape index (κ2) is 3.16. The fourth-order valence-electron chi connectivity index (χ4n) is 0.883. The van der Waals surface area contributed by atoms with Gasteiger partial charge < -0.3 is 0 Å². The fraction of sp³-hybridized carbons (Fsp3) is 0.222. The van der Waals surface area contributed by atoms with Crippen molar-refractivity contribution in [2.75, 3.05) is 0 Å². The molecule has 0 unspecified atom stereocenters. The Balaban J connectivity index is 2.67. The monoisotopic (exact) mass is 135 g/mol. The third-order valence-electron chi connectivity index (χ3n) is 1.30. The Labute approximate surface area is 60.7 Å². The smallest absolute Gasteiger partial charge is 0.134 e. The molecule has 0 atom stereocenters. The van der Waals surface area contributed by atoms with E-state index in [0.29, 0.717) is 6.42 Å². The summed E-state index contributed by atoms with van der Waals surface area (Å²) in [6, 6.07) is 9.75. The van der Waals surface area contributed by atoms with Crippen LogP contribution in [-0.4, -0.2) is 5.78 Å². The minimum Gasteiger partial charge on any atom is -0.300 e. The number of benzene rings is 1. The SMILES string of the molecule is CC(=O)[13CH2]c1ccccc1. The van der Waals surface area contributed by atoms with Gasteiger partial charge >= 0.3 is 0 Å². The van der Waals surface area contributed by atoms with E-state index in [-0.39, 0.29) is 5.78 Å². The van der Waals surface area contributed by atoms with Gasteiger partial charge in [-0.05, 0) is 12.5 Å². The van der Waals surface area contributed by atoms with Gasteiger partial charge in [0.2, 0.25) is 0 Å². The van der Waals surface area contributed by atoms with Gasteiger partial charge in [-0.3, -0.25) is 4.79 Å². The fourth-order valence-corrected chi connectivity index (χ4v) is 0.883. The normalized spacial score (nSPS) is 9.30. The Kier molecular flexibility index (Phi) is 2.21. The van der Waals surface area contributed by atoms with Crippen molar-refractivity contribution in [2.45, 2.75) is 13.3 Å². The molecule has 0 saturated carbocycles.